The highest BCUT2D eigenvalue weighted by molar-refractivity contribution is 5.76. The first-order valence-electron chi connectivity index (χ1n) is 31.4. The van der Waals surface area contributed by atoms with Crippen LogP contribution in [0, 0.1) is 0 Å². The third-order valence-electron chi connectivity index (χ3n) is 15.4. The van der Waals surface area contributed by atoms with E-state index in [2.05, 4.69) is 31.3 Å². The minimum absolute atomic E-state index is 0.133. The summed E-state index contributed by atoms with van der Waals surface area (Å²) in [5, 5.41) is 54.8. The monoisotopic (exact) mass is 1010 g/mol. The Hall–Kier alpha value is -1.07. The SMILES string of the molecule is CCCCCCCCCCCCCC/C=C\CCCCCCCCCCCCCC(=O)NC(COC1OC(CO)C(O)C(O)C1O)C(O)CCCCCCCCCCCCCCCCCCCCCCC. The number of rotatable bonds is 55. The summed E-state index contributed by atoms with van der Waals surface area (Å²) in [6.45, 7) is 3.89. The molecule has 1 heterocycles. The fourth-order valence-corrected chi connectivity index (χ4v) is 10.4. The van der Waals surface area contributed by atoms with E-state index in [0.29, 0.717) is 12.8 Å². The Morgan fingerprint density at radius 3 is 1.14 bits per heavy atom. The molecule has 0 bridgehead atoms. The van der Waals surface area contributed by atoms with E-state index in [-0.39, 0.29) is 12.5 Å². The van der Waals surface area contributed by atoms with Gasteiger partial charge in [0.2, 0.25) is 5.91 Å². The molecule has 9 heteroatoms. The van der Waals surface area contributed by atoms with Crippen LogP contribution in [-0.2, 0) is 14.3 Å². The van der Waals surface area contributed by atoms with Gasteiger partial charge in [0.05, 0.1) is 25.4 Å². The van der Waals surface area contributed by atoms with Gasteiger partial charge in [-0.25, -0.2) is 0 Å². The molecule has 71 heavy (non-hydrogen) atoms. The molecule has 1 rings (SSSR count). The van der Waals surface area contributed by atoms with Crippen LogP contribution in [0.3, 0.4) is 0 Å². The van der Waals surface area contributed by atoms with Crippen LogP contribution in [0.1, 0.15) is 322 Å². The second-order valence-corrected chi connectivity index (χ2v) is 22.2. The van der Waals surface area contributed by atoms with Crippen molar-refractivity contribution < 1.29 is 39.8 Å². The van der Waals surface area contributed by atoms with E-state index in [0.717, 1.165) is 38.5 Å². The molecule has 1 aliphatic rings. The minimum Gasteiger partial charge on any atom is -0.394 e. The van der Waals surface area contributed by atoms with Crippen LogP contribution in [-0.4, -0.2) is 87.5 Å². The van der Waals surface area contributed by atoms with Crippen molar-refractivity contribution in [2.45, 2.75) is 365 Å². The number of carbonyl (C=O) groups excluding carboxylic acids is 1. The second-order valence-electron chi connectivity index (χ2n) is 22.2. The largest absolute Gasteiger partial charge is 0.394 e. The zero-order chi connectivity index (χ0) is 51.5. The third-order valence-corrected chi connectivity index (χ3v) is 15.4. The summed E-state index contributed by atoms with van der Waals surface area (Å²) in [5.74, 6) is -0.139. The fraction of sp³-hybridized carbons (Fsp3) is 0.952. The van der Waals surface area contributed by atoms with Gasteiger partial charge in [0.15, 0.2) is 6.29 Å². The summed E-state index contributed by atoms with van der Waals surface area (Å²) in [5.41, 5.74) is 0. The number of amides is 1. The van der Waals surface area contributed by atoms with E-state index in [1.54, 1.807) is 0 Å². The Kier molecular flexibility index (Phi) is 50.1. The second kappa shape index (κ2) is 52.4. The number of hydrogen-bond donors (Lipinski definition) is 6. The molecule has 0 aromatic carbocycles. The number of carbonyl (C=O) groups is 1. The molecule has 6 N–H and O–H groups in total. The summed E-state index contributed by atoms with van der Waals surface area (Å²) < 4.78 is 11.3. The van der Waals surface area contributed by atoms with Gasteiger partial charge in [-0.2, -0.15) is 0 Å². The zero-order valence-electron chi connectivity index (χ0n) is 47.0. The molecular formula is C62H121NO8. The van der Waals surface area contributed by atoms with Gasteiger partial charge < -0.3 is 40.3 Å². The Morgan fingerprint density at radius 1 is 0.465 bits per heavy atom. The quantitative estimate of drug-likeness (QED) is 0.0261. The van der Waals surface area contributed by atoms with E-state index in [9.17, 15) is 30.3 Å². The van der Waals surface area contributed by atoms with Crippen molar-refractivity contribution in [3.05, 3.63) is 12.2 Å². The van der Waals surface area contributed by atoms with Gasteiger partial charge in [-0.05, 0) is 38.5 Å². The summed E-state index contributed by atoms with van der Waals surface area (Å²) in [6.07, 6.45) is 58.2. The van der Waals surface area contributed by atoms with E-state index in [1.165, 1.54) is 257 Å². The third kappa shape index (κ3) is 41.8. The van der Waals surface area contributed by atoms with Crippen molar-refractivity contribution in [2.24, 2.45) is 0 Å². The van der Waals surface area contributed by atoms with Crippen LogP contribution in [0.4, 0.5) is 0 Å². The van der Waals surface area contributed by atoms with Gasteiger partial charge in [-0.15, -0.1) is 0 Å². The highest BCUT2D eigenvalue weighted by Crippen LogP contribution is 2.23. The molecule has 1 fully saturated rings. The van der Waals surface area contributed by atoms with Gasteiger partial charge in [0.1, 0.15) is 24.4 Å². The van der Waals surface area contributed by atoms with Crippen molar-refractivity contribution in [1.82, 2.24) is 5.32 Å². The normalized spacial score (nSPS) is 19.2. The van der Waals surface area contributed by atoms with Crippen LogP contribution in [0.2, 0.25) is 0 Å². The lowest BCUT2D eigenvalue weighted by atomic mass is 9.99. The molecule has 7 atom stereocenters. The van der Waals surface area contributed by atoms with Gasteiger partial charge in [-0.1, -0.05) is 289 Å². The maximum Gasteiger partial charge on any atom is 0.220 e. The van der Waals surface area contributed by atoms with Crippen molar-refractivity contribution in [1.29, 1.82) is 0 Å². The first-order valence-corrected chi connectivity index (χ1v) is 31.4. The maximum atomic E-state index is 13.1. The molecule has 1 amide bonds. The van der Waals surface area contributed by atoms with Crippen molar-refractivity contribution in [3.63, 3.8) is 0 Å². The standard InChI is InChI=1S/C62H121NO8/c1-3-5-7-9-11-13-15-17-19-21-23-25-26-27-28-29-30-32-34-36-38-40-42-44-46-48-50-52-58(66)63-55(54-70-62-61(69)60(68)59(67)57(53-64)71-62)56(65)51-49-47-45-43-41-39-37-35-33-31-24-22-20-18-16-14-12-10-8-6-4-2/h27-28,55-57,59-62,64-65,67-69H,3-26,29-54H2,1-2H3,(H,63,66)/b28-27-. The van der Waals surface area contributed by atoms with Gasteiger partial charge in [0, 0.05) is 6.42 Å². The molecule has 0 radical (unpaired) electrons. The summed E-state index contributed by atoms with van der Waals surface area (Å²) in [7, 11) is 0. The predicted molar refractivity (Wildman–Crippen MR) is 300 cm³/mol. The first kappa shape index (κ1) is 67.9. The Labute approximate surface area is 439 Å². The number of nitrogens with one attached hydrogen (secondary N) is 1. The van der Waals surface area contributed by atoms with Gasteiger partial charge in [0.25, 0.3) is 0 Å². The number of allylic oxidation sites excluding steroid dienone is 2. The molecule has 422 valence electrons. The van der Waals surface area contributed by atoms with Crippen LogP contribution >= 0.6 is 0 Å². The molecule has 0 spiro atoms. The average Bonchev–Trinajstić information content (AvgIpc) is 3.37. The van der Waals surface area contributed by atoms with Crippen LogP contribution in [0.5, 0.6) is 0 Å². The van der Waals surface area contributed by atoms with Crippen LogP contribution < -0.4 is 5.32 Å². The number of ether oxygens (including phenoxy) is 2. The van der Waals surface area contributed by atoms with E-state index >= 15 is 0 Å². The van der Waals surface area contributed by atoms with E-state index < -0.39 is 49.5 Å². The van der Waals surface area contributed by atoms with Crippen LogP contribution in [0.25, 0.3) is 0 Å². The van der Waals surface area contributed by atoms with Gasteiger partial charge >= 0.3 is 0 Å². The summed E-state index contributed by atoms with van der Waals surface area (Å²) >= 11 is 0. The molecule has 7 unspecified atom stereocenters. The Balaban J connectivity index is 2.15. The molecule has 1 aliphatic heterocycles. The zero-order valence-corrected chi connectivity index (χ0v) is 47.0. The van der Waals surface area contributed by atoms with E-state index in [1.807, 2.05) is 0 Å². The Bertz CT molecular complexity index is 1120. The molecule has 0 aromatic rings. The first-order chi connectivity index (χ1) is 34.8. The Morgan fingerprint density at radius 2 is 0.789 bits per heavy atom. The lowest BCUT2D eigenvalue weighted by Gasteiger charge is -2.40. The van der Waals surface area contributed by atoms with E-state index in [4.69, 9.17) is 9.47 Å². The molecule has 0 aliphatic carbocycles. The highest BCUT2D eigenvalue weighted by Gasteiger charge is 2.44. The lowest BCUT2D eigenvalue weighted by Crippen LogP contribution is -2.60. The summed E-state index contributed by atoms with van der Waals surface area (Å²) in [4.78, 5) is 13.1. The maximum absolute atomic E-state index is 13.1. The van der Waals surface area contributed by atoms with Crippen molar-refractivity contribution in [3.8, 4) is 0 Å². The molecular weight excluding hydrogens is 887 g/mol. The number of aliphatic hydroxyl groups is 5. The van der Waals surface area contributed by atoms with Crippen molar-refractivity contribution >= 4 is 5.91 Å². The smallest absolute Gasteiger partial charge is 0.220 e. The fourth-order valence-electron chi connectivity index (χ4n) is 10.4. The van der Waals surface area contributed by atoms with Crippen molar-refractivity contribution in [2.75, 3.05) is 13.2 Å². The molecule has 9 nitrogen and oxygen atoms in total. The van der Waals surface area contributed by atoms with Gasteiger partial charge in [-0.3, -0.25) is 4.79 Å². The lowest BCUT2D eigenvalue weighted by molar-refractivity contribution is -0.302. The summed E-state index contributed by atoms with van der Waals surface area (Å²) in [6, 6.07) is -0.717. The molecule has 0 aromatic heterocycles. The predicted octanol–water partition coefficient (Wildman–Crippen LogP) is 16.0. The molecule has 1 saturated heterocycles. The number of hydrogen-bond acceptors (Lipinski definition) is 8. The number of aliphatic hydroxyl groups excluding tert-OH is 5. The topological polar surface area (TPSA) is 149 Å². The molecule has 0 saturated carbocycles. The van der Waals surface area contributed by atoms with Crippen LogP contribution in [0.15, 0.2) is 12.2 Å². The highest BCUT2D eigenvalue weighted by atomic mass is 16.7. The number of unbranched alkanes of at least 4 members (excludes halogenated alkanes) is 43. The minimum atomic E-state index is -1.55. The average molecular weight is 1010 g/mol.